The van der Waals surface area contributed by atoms with Crippen LogP contribution in [-0.4, -0.2) is 82.6 Å². The molecular formula is C32H29ClF3N7O2. The van der Waals surface area contributed by atoms with Crippen LogP contribution < -0.4 is 9.64 Å². The van der Waals surface area contributed by atoms with Crippen LogP contribution in [-0.2, 0) is 4.79 Å². The van der Waals surface area contributed by atoms with Gasteiger partial charge in [-0.3, -0.25) is 9.78 Å². The number of hydrogen-bond acceptors (Lipinski definition) is 8. The second-order valence-corrected chi connectivity index (χ2v) is 11.7. The van der Waals surface area contributed by atoms with Gasteiger partial charge in [0, 0.05) is 64.8 Å². The van der Waals surface area contributed by atoms with Crippen LogP contribution in [0.25, 0.3) is 32.8 Å². The fraction of sp³-hybridized carbons (Fsp3) is 0.344. The van der Waals surface area contributed by atoms with Crippen molar-refractivity contribution in [3.63, 3.8) is 0 Å². The second-order valence-electron chi connectivity index (χ2n) is 11.3. The van der Waals surface area contributed by atoms with Gasteiger partial charge in [0.15, 0.2) is 11.6 Å². The van der Waals surface area contributed by atoms with E-state index in [1.807, 2.05) is 13.1 Å². The Balaban J connectivity index is 1.49. The van der Waals surface area contributed by atoms with Crippen LogP contribution in [0.3, 0.4) is 0 Å². The molecule has 0 N–H and O–H groups in total. The number of fused-ring (bicyclic) bond motifs is 2. The number of rotatable bonds is 7. The fourth-order valence-corrected chi connectivity index (χ4v) is 6.49. The summed E-state index contributed by atoms with van der Waals surface area (Å²) in [4.78, 5) is 30.8. The molecule has 2 aliphatic heterocycles. The predicted molar refractivity (Wildman–Crippen MR) is 165 cm³/mol. The number of anilines is 1. The summed E-state index contributed by atoms with van der Waals surface area (Å²) in [6.07, 6.45) is 4.76. The van der Waals surface area contributed by atoms with Crippen molar-refractivity contribution in [3.8, 4) is 23.2 Å². The van der Waals surface area contributed by atoms with Gasteiger partial charge in [-0.2, -0.15) is 15.2 Å². The molecule has 2 aromatic carbocycles. The highest BCUT2D eigenvalue weighted by atomic mass is 35.5. The van der Waals surface area contributed by atoms with Gasteiger partial charge >= 0.3 is 6.01 Å². The molecule has 2 aromatic heterocycles. The van der Waals surface area contributed by atoms with Crippen molar-refractivity contribution in [2.45, 2.75) is 31.3 Å². The lowest BCUT2D eigenvalue weighted by Gasteiger charge is -2.41. The number of nitriles is 1. The zero-order valence-corrected chi connectivity index (χ0v) is 25.2. The molecular weight excluding hydrogens is 607 g/mol. The second kappa shape index (κ2) is 12.5. The van der Waals surface area contributed by atoms with Crippen LogP contribution in [0, 0.1) is 23.0 Å². The van der Waals surface area contributed by atoms with E-state index in [1.54, 1.807) is 29.3 Å². The van der Waals surface area contributed by atoms with Gasteiger partial charge in [-0.25, -0.2) is 13.2 Å². The van der Waals surface area contributed by atoms with Crippen molar-refractivity contribution in [3.05, 3.63) is 65.7 Å². The van der Waals surface area contributed by atoms with E-state index in [0.717, 1.165) is 25.5 Å². The Morgan fingerprint density at radius 3 is 2.76 bits per heavy atom. The van der Waals surface area contributed by atoms with Gasteiger partial charge in [0.25, 0.3) is 5.91 Å². The smallest absolute Gasteiger partial charge is 0.319 e. The molecule has 2 aliphatic rings. The number of likely N-dealkylation sites (N-methyl/N-ethyl adjacent to an activating group) is 1. The number of halogens is 4. The van der Waals surface area contributed by atoms with E-state index in [4.69, 9.17) is 16.3 Å². The van der Waals surface area contributed by atoms with Crippen molar-refractivity contribution < 1.29 is 22.7 Å². The number of piperazine rings is 1. The van der Waals surface area contributed by atoms with E-state index in [1.165, 1.54) is 11.1 Å². The molecule has 4 heterocycles. The summed E-state index contributed by atoms with van der Waals surface area (Å²) < 4.78 is 52.5. The Morgan fingerprint density at radius 1 is 1.20 bits per heavy atom. The van der Waals surface area contributed by atoms with Crippen LogP contribution in [0.2, 0.25) is 5.02 Å². The molecule has 0 unspecified atom stereocenters. The van der Waals surface area contributed by atoms with Crippen LogP contribution in [0.4, 0.5) is 19.0 Å². The van der Waals surface area contributed by atoms with Crippen LogP contribution in [0.5, 0.6) is 6.01 Å². The molecule has 0 saturated carbocycles. The number of aromatic nitrogens is 3. The Morgan fingerprint density at radius 2 is 2.02 bits per heavy atom. The first-order valence-electron chi connectivity index (χ1n) is 14.5. The molecule has 0 radical (unpaired) electrons. The van der Waals surface area contributed by atoms with Crippen LogP contribution in [0.1, 0.15) is 19.3 Å². The zero-order chi connectivity index (χ0) is 31.8. The largest absolute Gasteiger partial charge is 0.462 e. The van der Waals surface area contributed by atoms with Crippen molar-refractivity contribution in [2.75, 3.05) is 44.7 Å². The molecule has 9 nitrogen and oxygen atoms in total. The Hall–Kier alpha value is -4.47. The van der Waals surface area contributed by atoms with Gasteiger partial charge < -0.3 is 19.4 Å². The minimum absolute atomic E-state index is 0.0336. The maximum atomic E-state index is 16.6. The Bertz CT molecular complexity index is 1860. The fourth-order valence-electron chi connectivity index (χ4n) is 6.20. The average molecular weight is 636 g/mol. The summed E-state index contributed by atoms with van der Waals surface area (Å²) in [5.74, 6) is -3.69. The zero-order valence-electron chi connectivity index (χ0n) is 24.4. The summed E-state index contributed by atoms with van der Waals surface area (Å²) in [6, 6.07) is 7.60. The third kappa shape index (κ3) is 5.74. The molecule has 0 aliphatic carbocycles. The Labute approximate surface area is 262 Å². The average Bonchev–Trinajstić information content (AvgIpc) is 3.44. The number of carbonyl (C=O) groups excluding carboxylic acids is 1. The third-order valence-electron chi connectivity index (χ3n) is 8.52. The highest BCUT2D eigenvalue weighted by molar-refractivity contribution is 6.36. The van der Waals surface area contributed by atoms with E-state index < -0.39 is 29.4 Å². The molecule has 2 atom stereocenters. The molecule has 0 bridgehead atoms. The molecule has 13 heteroatoms. The first-order valence-corrected chi connectivity index (χ1v) is 14.9. The van der Waals surface area contributed by atoms with E-state index >= 15 is 8.78 Å². The minimum atomic E-state index is -1.13. The maximum absolute atomic E-state index is 16.6. The molecule has 2 fully saturated rings. The van der Waals surface area contributed by atoms with Crippen molar-refractivity contribution in [1.29, 1.82) is 5.26 Å². The first-order chi connectivity index (χ1) is 21.7. The standard InChI is InChI=1S/C32H29ClF3N7O2/c1-18(34)31(44)43-12-11-42(16-20(43)8-9-37)30-22-13-25(35)27(23-15-38-14-19-5-3-7-24(33)26(19)23)28(36)29(22)39-32(40-30)45-17-21-6-4-10-41(21)2/h3,5,7,13-15,20-21H,1,4,6,8,10-12,16-17H2,2H3/t20-,21-/m0/s1. The number of pyridine rings is 1. The minimum Gasteiger partial charge on any atom is -0.462 e. The lowest BCUT2D eigenvalue weighted by Crippen LogP contribution is -2.55. The van der Waals surface area contributed by atoms with Crippen molar-refractivity contribution in [1.82, 2.24) is 24.8 Å². The number of nitrogens with zero attached hydrogens (tertiary/aromatic N) is 7. The van der Waals surface area contributed by atoms with Gasteiger partial charge in [0.2, 0.25) is 0 Å². The summed E-state index contributed by atoms with van der Waals surface area (Å²) >= 11 is 6.49. The van der Waals surface area contributed by atoms with Gasteiger partial charge in [0.1, 0.15) is 23.8 Å². The number of hydrogen-bond donors (Lipinski definition) is 0. The lowest BCUT2D eigenvalue weighted by atomic mass is 9.98. The van der Waals surface area contributed by atoms with Gasteiger partial charge in [-0.1, -0.05) is 30.3 Å². The quantitative estimate of drug-likeness (QED) is 0.240. The third-order valence-corrected chi connectivity index (χ3v) is 8.84. The van der Waals surface area contributed by atoms with E-state index in [9.17, 15) is 14.4 Å². The predicted octanol–water partition coefficient (Wildman–Crippen LogP) is 5.66. The van der Waals surface area contributed by atoms with Gasteiger partial charge in [-0.05, 0) is 38.6 Å². The summed E-state index contributed by atoms with van der Waals surface area (Å²) in [5, 5.41) is 10.9. The highest BCUT2D eigenvalue weighted by Crippen LogP contribution is 2.40. The number of ether oxygens (including phenoxy) is 1. The number of carbonyl (C=O) groups is 1. The Kier molecular flexibility index (Phi) is 8.48. The summed E-state index contributed by atoms with van der Waals surface area (Å²) in [7, 11) is 1.99. The van der Waals surface area contributed by atoms with Crippen molar-refractivity contribution in [2.24, 2.45) is 0 Å². The number of amides is 1. The molecule has 1 amide bonds. The van der Waals surface area contributed by atoms with Gasteiger partial charge in [-0.15, -0.1) is 0 Å². The van der Waals surface area contributed by atoms with E-state index in [2.05, 4.69) is 26.4 Å². The summed E-state index contributed by atoms with van der Waals surface area (Å²) in [6.45, 7) is 4.51. The topological polar surface area (TPSA) is 98.5 Å². The summed E-state index contributed by atoms with van der Waals surface area (Å²) in [5.41, 5.74) is -0.361. The van der Waals surface area contributed by atoms with Crippen molar-refractivity contribution >= 4 is 45.0 Å². The number of likely N-dealkylation sites (tertiary alicyclic amines) is 1. The SMILES string of the molecule is C=C(F)C(=O)N1CCN(c2nc(OC[C@@H]3CCCN3C)nc3c(F)c(-c4cncc5cccc(Cl)c45)c(F)cc23)C[C@@H]1CC#N. The highest BCUT2D eigenvalue weighted by Gasteiger charge is 2.34. The van der Waals surface area contributed by atoms with E-state index in [-0.39, 0.29) is 72.6 Å². The molecule has 2 saturated heterocycles. The van der Waals surface area contributed by atoms with Gasteiger partial charge in [0.05, 0.1) is 24.1 Å². The van der Waals surface area contributed by atoms with E-state index in [0.29, 0.717) is 15.8 Å². The monoisotopic (exact) mass is 635 g/mol. The molecule has 232 valence electrons. The molecule has 0 spiro atoms. The molecule has 6 rings (SSSR count). The normalized spacial score (nSPS) is 18.8. The molecule has 4 aromatic rings. The number of benzene rings is 2. The molecule has 45 heavy (non-hydrogen) atoms. The first kappa shape index (κ1) is 30.6. The van der Waals surface area contributed by atoms with Crippen LogP contribution >= 0.6 is 11.6 Å². The van der Waals surface area contributed by atoms with Crippen LogP contribution in [0.15, 0.2) is 49.1 Å². The lowest BCUT2D eigenvalue weighted by molar-refractivity contribution is -0.131. The maximum Gasteiger partial charge on any atom is 0.319 e.